The number of ether oxygens (including phenoxy) is 1. The van der Waals surface area contributed by atoms with Crippen LogP contribution >= 0.6 is 0 Å². The van der Waals surface area contributed by atoms with Crippen molar-refractivity contribution in [1.29, 1.82) is 0 Å². The summed E-state index contributed by atoms with van der Waals surface area (Å²) in [7, 11) is 0. The maximum absolute atomic E-state index is 12.1. The highest BCUT2D eigenvalue weighted by atomic mass is 16.5. The highest BCUT2D eigenvalue weighted by molar-refractivity contribution is 6.21. The van der Waals surface area contributed by atoms with Gasteiger partial charge in [0.15, 0.2) is 0 Å². The van der Waals surface area contributed by atoms with Gasteiger partial charge in [0.25, 0.3) is 11.8 Å². The Morgan fingerprint density at radius 1 is 1.07 bits per heavy atom. The van der Waals surface area contributed by atoms with Crippen molar-refractivity contribution in [3.8, 4) is 0 Å². The minimum atomic E-state index is -0.768. The third-order valence-electron chi connectivity index (χ3n) is 4.37. The second-order valence-corrected chi connectivity index (χ2v) is 6.57. The number of carboxylic acids is 1. The molecule has 0 aromatic heterocycles. The molecule has 0 saturated heterocycles. The summed E-state index contributed by atoms with van der Waals surface area (Å²) in [5.74, 6) is -2.28. The van der Waals surface area contributed by atoms with Crippen molar-refractivity contribution >= 4 is 23.8 Å². The Kier molecular flexibility index (Phi) is 9.31. The van der Waals surface area contributed by atoms with E-state index >= 15 is 0 Å². The predicted octanol–water partition coefficient (Wildman–Crippen LogP) is 1.93. The van der Waals surface area contributed by atoms with Gasteiger partial charge >= 0.3 is 11.9 Å². The van der Waals surface area contributed by atoms with Gasteiger partial charge in [-0.15, -0.1) is 0 Å². The molecule has 0 radical (unpaired) electrons. The van der Waals surface area contributed by atoms with E-state index in [9.17, 15) is 19.2 Å². The number of imide groups is 1. The van der Waals surface area contributed by atoms with Crippen LogP contribution in [0.1, 0.15) is 54.3 Å². The number of esters is 1. The van der Waals surface area contributed by atoms with Gasteiger partial charge in [-0.3, -0.25) is 24.1 Å². The summed E-state index contributed by atoms with van der Waals surface area (Å²) in [6.45, 7) is 6.14. The number of carbonyl (C=O) groups excluding carboxylic acids is 3. The molecule has 0 aliphatic carbocycles. The molecular weight excluding hydrogens is 364 g/mol. The highest BCUT2D eigenvalue weighted by Crippen LogP contribution is 2.23. The molecule has 2 unspecified atom stereocenters. The van der Waals surface area contributed by atoms with Crippen LogP contribution in [-0.4, -0.2) is 53.5 Å². The summed E-state index contributed by atoms with van der Waals surface area (Å²) in [5, 5.41) is 8.26. The zero-order valence-electron chi connectivity index (χ0n) is 16.5. The average Bonchev–Trinajstić information content (AvgIpc) is 2.91. The number of amides is 2. The zero-order valence-corrected chi connectivity index (χ0v) is 16.5. The third-order valence-corrected chi connectivity index (χ3v) is 4.37. The normalized spacial score (nSPS) is 14.6. The number of carboxylic acid groups (broad SMARTS) is 1. The minimum Gasteiger partial charge on any atom is -0.481 e. The Bertz CT molecular complexity index is 683. The summed E-state index contributed by atoms with van der Waals surface area (Å²) in [5.41, 5.74) is 5.97. The molecule has 0 fully saturated rings. The number of hydrogen-bond donors (Lipinski definition) is 2. The number of nitrogens with zero attached hydrogens (tertiary/aromatic N) is 1. The second-order valence-electron chi connectivity index (χ2n) is 6.57. The van der Waals surface area contributed by atoms with Crippen LogP contribution in [0.4, 0.5) is 0 Å². The molecule has 1 aromatic rings. The van der Waals surface area contributed by atoms with E-state index in [1.54, 1.807) is 45.0 Å². The van der Waals surface area contributed by atoms with E-state index in [4.69, 9.17) is 15.6 Å². The van der Waals surface area contributed by atoms with Gasteiger partial charge in [-0.05, 0) is 38.4 Å². The first kappa shape index (κ1) is 23.3. The first-order valence-corrected chi connectivity index (χ1v) is 9.29. The molecule has 0 bridgehead atoms. The lowest BCUT2D eigenvalue weighted by Gasteiger charge is -2.16. The predicted molar refractivity (Wildman–Crippen MR) is 103 cm³/mol. The van der Waals surface area contributed by atoms with E-state index < -0.39 is 5.97 Å². The first-order valence-electron chi connectivity index (χ1n) is 9.29. The fourth-order valence-corrected chi connectivity index (χ4v) is 2.54. The second kappa shape index (κ2) is 11.2. The number of rotatable bonds is 8. The molecule has 2 atom stereocenters. The van der Waals surface area contributed by atoms with Crippen molar-refractivity contribution in [2.45, 2.75) is 33.6 Å². The van der Waals surface area contributed by atoms with Crippen LogP contribution in [0.15, 0.2) is 24.3 Å². The van der Waals surface area contributed by atoms with Gasteiger partial charge in [0.05, 0.1) is 29.6 Å². The molecule has 8 heteroatoms. The molecule has 1 aliphatic rings. The SMILES string of the molecule is CC(CCN)C(=O)O.CCOC(=O)C(C)CCN1C(=O)c2ccccc2C1=O. The Hall–Kier alpha value is -2.74. The van der Waals surface area contributed by atoms with E-state index in [0.717, 1.165) is 0 Å². The number of nitrogens with two attached hydrogens (primary N) is 1. The highest BCUT2D eigenvalue weighted by Gasteiger charge is 2.35. The summed E-state index contributed by atoms with van der Waals surface area (Å²) >= 11 is 0. The summed E-state index contributed by atoms with van der Waals surface area (Å²) in [6.07, 6.45) is 0.972. The Morgan fingerprint density at radius 3 is 2.00 bits per heavy atom. The summed E-state index contributed by atoms with van der Waals surface area (Å²) < 4.78 is 4.91. The van der Waals surface area contributed by atoms with Gasteiger partial charge in [0.2, 0.25) is 0 Å². The van der Waals surface area contributed by atoms with Crippen molar-refractivity contribution < 1.29 is 29.0 Å². The molecule has 28 heavy (non-hydrogen) atoms. The number of aliphatic carboxylic acids is 1. The zero-order chi connectivity index (χ0) is 21.3. The third kappa shape index (κ3) is 6.16. The Balaban J connectivity index is 0.000000416. The van der Waals surface area contributed by atoms with E-state index in [1.165, 1.54) is 4.90 Å². The van der Waals surface area contributed by atoms with Gasteiger partial charge in [0.1, 0.15) is 0 Å². The molecule has 2 amide bonds. The average molecular weight is 392 g/mol. The van der Waals surface area contributed by atoms with Crippen molar-refractivity contribution in [3.63, 3.8) is 0 Å². The number of carbonyl (C=O) groups is 4. The number of hydrogen-bond acceptors (Lipinski definition) is 6. The number of benzene rings is 1. The molecule has 2 rings (SSSR count). The maximum Gasteiger partial charge on any atom is 0.308 e. The first-order chi connectivity index (χ1) is 13.2. The van der Waals surface area contributed by atoms with Gasteiger partial charge in [-0.2, -0.15) is 0 Å². The molecule has 8 nitrogen and oxygen atoms in total. The largest absolute Gasteiger partial charge is 0.481 e. The lowest BCUT2D eigenvalue weighted by Crippen LogP contribution is -2.32. The van der Waals surface area contributed by atoms with Gasteiger partial charge in [0, 0.05) is 6.54 Å². The minimum absolute atomic E-state index is 0.228. The molecule has 1 aliphatic heterocycles. The fourth-order valence-electron chi connectivity index (χ4n) is 2.54. The van der Waals surface area contributed by atoms with Gasteiger partial charge in [-0.1, -0.05) is 26.0 Å². The fraction of sp³-hybridized carbons (Fsp3) is 0.500. The molecular formula is C20H28N2O6. The monoisotopic (exact) mass is 392 g/mol. The lowest BCUT2D eigenvalue weighted by molar-refractivity contribution is -0.147. The molecule has 1 heterocycles. The topological polar surface area (TPSA) is 127 Å². The van der Waals surface area contributed by atoms with Crippen LogP contribution < -0.4 is 5.73 Å². The maximum atomic E-state index is 12.1. The molecule has 0 spiro atoms. The molecule has 3 N–H and O–H groups in total. The van der Waals surface area contributed by atoms with E-state index in [0.29, 0.717) is 37.1 Å². The van der Waals surface area contributed by atoms with Crippen molar-refractivity contribution in [1.82, 2.24) is 4.90 Å². The Labute approximate surface area is 164 Å². The van der Waals surface area contributed by atoms with Gasteiger partial charge in [-0.25, -0.2) is 0 Å². The summed E-state index contributed by atoms with van der Waals surface area (Å²) in [6, 6.07) is 6.75. The quantitative estimate of drug-likeness (QED) is 0.511. The van der Waals surface area contributed by atoms with Crippen molar-refractivity contribution in [2.75, 3.05) is 19.7 Å². The lowest BCUT2D eigenvalue weighted by atomic mass is 10.1. The van der Waals surface area contributed by atoms with Crippen LogP contribution in [0.25, 0.3) is 0 Å². The van der Waals surface area contributed by atoms with Crippen LogP contribution in [0.3, 0.4) is 0 Å². The Morgan fingerprint density at radius 2 is 1.61 bits per heavy atom. The van der Waals surface area contributed by atoms with Crippen LogP contribution in [0.2, 0.25) is 0 Å². The molecule has 154 valence electrons. The molecule has 0 saturated carbocycles. The van der Waals surface area contributed by atoms with Crippen LogP contribution in [0, 0.1) is 11.8 Å². The molecule has 1 aromatic carbocycles. The van der Waals surface area contributed by atoms with Crippen molar-refractivity contribution in [2.24, 2.45) is 17.6 Å². The summed E-state index contributed by atoms with van der Waals surface area (Å²) in [4.78, 5) is 47.0. The van der Waals surface area contributed by atoms with E-state index in [1.807, 2.05) is 0 Å². The van der Waals surface area contributed by atoms with E-state index in [2.05, 4.69) is 0 Å². The van der Waals surface area contributed by atoms with Crippen molar-refractivity contribution in [3.05, 3.63) is 35.4 Å². The van der Waals surface area contributed by atoms with E-state index in [-0.39, 0.29) is 36.2 Å². The standard InChI is InChI=1S/C15H17NO4.C5H11NO2/c1-3-20-15(19)10(2)8-9-16-13(17)11-6-4-5-7-12(11)14(16)18;1-4(2-3-6)5(7)8/h4-7,10H,3,8-9H2,1-2H3;4H,2-3,6H2,1H3,(H,7,8). The smallest absolute Gasteiger partial charge is 0.308 e. The number of fused-ring (bicyclic) bond motifs is 1. The van der Waals surface area contributed by atoms with Crippen LogP contribution in [-0.2, 0) is 14.3 Å². The van der Waals surface area contributed by atoms with Crippen LogP contribution in [0.5, 0.6) is 0 Å². The van der Waals surface area contributed by atoms with Gasteiger partial charge < -0.3 is 15.6 Å².